The molecule has 1 amide bonds. The van der Waals surface area contributed by atoms with Gasteiger partial charge in [0.1, 0.15) is 5.82 Å². The zero-order chi connectivity index (χ0) is 16.7. The lowest BCUT2D eigenvalue weighted by Crippen LogP contribution is -2.47. The molecule has 3 heterocycles. The number of hydroxylamine groups is 1. The second kappa shape index (κ2) is 5.72. The maximum Gasteiger partial charge on any atom is 0.277 e. The molecule has 1 aromatic heterocycles. The number of carbonyl (C=O) groups is 1. The Labute approximate surface area is 137 Å². The van der Waals surface area contributed by atoms with Crippen LogP contribution in [-0.4, -0.2) is 46.3 Å². The van der Waals surface area contributed by atoms with Crippen molar-refractivity contribution in [2.45, 2.75) is 18.5 Å². The van der Waals surface area contributed by atoms with Crippen molar-refractivity contribution in [3.8, 4) is 0 Å². The largest absolute Gasteiger partial charge is 0.365 e. The van der Waals surface area contributed by atoms with E-state index in [1.165, 1.54) is 24.5 Å². The Bertz CT molecular complexity index is 752. The van der Waals surface area contributed by atoms with Gasteiger partial charge in [0.05, 0.1) is 11.6 Å². The molecular weight excluding hydrogens is 313 g/mol. The molecule has 2 aliphatic rings. The number of piperazine rings is 1. The Morgan fingerprint density at radius 2 is 1.75 bits per heavy atom. The highest BCUT2D eigenvalue weighted by atomic mass is 19.1. The predicted octanol–water partition coefficient (Wildman–Crippen LogP) is 1.20. The van der Waals surface area contributed by atoms with Gasteiger partial charge in [0.2, 0.25) is 5.95 Å². The van der Waals surface area contributed by atoms with Crippen molar-refractivity contribution >= 4 is 17.5 Å². The van der Waals surface area contributed by atoms with Crippen LogP contribution in [0.15, 0.2) is 36.7 Å². The predicted molar refractivity (Wildman–Crippen MR) is 84.6 cm³/mol. The number of fused-ring (bicyclic) bond motifs is 2. The average Bonchev–Trinajstić information content (AvgIpc) is 3.22. The van der Waals surface area contributed by atoms with E-state index >= 15 is 0 Å². The highest BCUT2D eigenvalue weighted by Crippen LogP contribution is 2.36. The number of hydrogen-bond donors (Lipinski definition) is 2. The van der Waals surface area contributed by atoms with Gasteiger partial charge in [0.25, 0.3) is 5.91 Å². The second-order valence-corrected chi connectivity index (χ2v) is 6.04. The van der Waals surface area contributed by atoms with Crippen LogP contribution in [0.2, 0.25) is 0 Å². The van der Waals surface area contributed by atoms with Gasteiger partial charge in [0, 0.05) is 37.2 Å². The van der Waals surface area contributed by atoms with E-state index in [9.17, 15) is 9.18 Å². The standard InChI is InChI=1S/C16H16FN5O2/c17-11-1-3-12(4-2-11)21-8-14-5-13(21)9-22(14)16-18-6-10(7-19-16)15(23)20-24/h1-4,6-7,13-14,24H,5,8-9H2,(H,20,23)/t13-,14+/m0/s1. The molecule has 2 bridgehead atoms. The number of nitrogens with one attached hydrogen (secondary N) is 1. The molecule has 1 aromatic carbocycles. The smallest absolute Gasteiger partial charge is 0.277 e. The number of anilines is 2. The molecule has 2 saturated heterocycles. The molecule has 2 fully saturated rings. The first-order chi connectivity index (χ1) is 11.7. The van der Waals surface area contributed by atoms with Crippen LogP contribution in [0, 0.1) is 5.82 Å². The molecule has 2 N–H and O–H groups in total. The summed E-state index contributed by atoms with van der Waals surface area (Å²) < 4.78 is 13.1. The molecular formula is C16H16FN5O2. The molecule has 7 nitrogen and oxygen atoms in total. The summed E-state index contributed by atoms with van der Waals surface area (Å²) in [6, 6.07) is 7.19. The number of benzene rings is 1. The summed E-state index contributed by atoms with van der Waals surface area (Å²) in [6.45, 7) is 1.62. The first-order valence-corrected chi connectivity index (χ1v) is 7.71. The first kappa shape index (κ1) is 14.8. The highest BCUT2D eigenvalue weighted by Gasteiger charge is 2.44. The third kappa shape index (κ3) is 2.44. The minimum atomic E-state index is -0.632. The van der Waals surface area contributed by atoms with Crippen LogP contribution in [0.25, 0.3) is 0 Å². The lowest BCUT2D eigenvalue weighted by atomic mass is 10.2. The highest BCUT2D eigenvalue weighted by molar-refractivity contribution is 5.92. The van der Waals surface area contributed by atoms with Crippen LogP contribution in [0.1, 0.15) is 16.8 Å². The Hall–Kier alpha value is -2.74. The molecule has 2 aromatic rings. The van der Waals surface area contributed by atoms with Gasteiger partial charge in [-0.25, -0.2) is 19.8 Å². The third-order valence-corrected chi connectivity index (χ3v) is 4.66. The lowest BCUT2D eigenvalue weighted by Gasteiger charge is -2.35. The number of amides is 1. The number of rotatable bonds is 3. The van der Waals surface area contributed by atoms with Gasteiger partial charge in [0.15, 0.2) is 0 Å². The van der Waals surface area contributed by atoms with Crippen LogP contribution in [0.4, 0.5) is 16.0 Å². The van der Waals surface area contributed by atoms with Crippen LogP contribution in [0.5, 0.6) is 0 Å². The zero-order valence-electron chi connectivity index (χ0n) is 12.8. The summed E-state index contributed by atoms with van der Waals surface area (Å²) in [7, 11) is 0. The molecule has 0 unspecified atom stereocenters. The average molecular weight is 329 g/mol. The minimum Gasteiger partial charge on any atom is -0.365 e. The molecule has 2 atom stereocenters. The van der Waals surface area contributed by atoms with Gasteiger partial charge in [-0.2, -0.15) is 0 Å². The Morgan fingerprint density at radius 3 is 2.33 bits per heavy atom. The van der Waals surface area contributed by atoms with Crippen LogP contribution < -0.4 is 15.3 Å². The topological polar surface area (TPSA) is 81.6 Å². The maximum absolute atomic E-state index is 13.1. The molecule has 0 spiro atoms. The zero-order valence-corrected chi connectivity index (χ0v) is 12.8. The van der Waals surface area contributed by atoms with Crippen molar-refractivity contribution in [2.24, 2.45) is 0 Å². The number of halogens is 1. The third-order valence-electron chi connectivity index (χ3n) is 4.66. The number of aromatic nitrogens is 2. The van der Waals surface area contributed by atoms with Gasteiger partial charge >= 0.3 is 0 Å². The van der Waals surface area contributed by atoms with Gasteiger partial charge in [-0.15, -0.1) is 0 Å². The van der Waals surface area contributed by atoms with E-state index in [-0.39, 0.29) is 17.4 Å². The van der Waals surface area contributed by atoms with Crippen molar-refractivity contribution in [1.29, 1.82) is 0 Å². The fourth-order valence-electron chi connectivity index (χ4n) is 3.51. The van der Waals surface area contributed by atoms with E-state index in [1.807, 2.05) is 0 Å². The summed E-state index contributed by atoms with van der Waals surface area (Å²) in [5.41, 5.74) is 2.79. The van der Waals surface area contributed by atoms with Crippen molar-refractivity contribution < 1.29 is 14.4 Å². The van der Waals surface area contributed by atoms with Gasteiger partial charge in [-0.3, -0.25) is 10.0 Å². The van der Waals surface area contributed by atoms with E-state index in [1.54, 1.807) is 17.6 Å². The Balaban J connectivity index is 1.48. The summed E-state index contributed by atoms with van der Waals surface area (Å²) in [4.78, 5) is 24.2. The number of nitrogens with zero attached hydrogens (tertiary/aromatic N) is 4. The quantitative estimate of drug-likeness (QED) is 0.650. The van der Waals surface area contributed by atoms with Crippen LogP contribution >= 0.6 is 0 Å². The van der Waals surface area contributed by atoms with Crippen molar-refractivity contribution in [2.75, 3.05) is 22.9 Å². The van der Waals surface area contributed by atoms with E-state index in [0.29, 0.717) is 12.0 Å². The Kier molecular flexibility index (Phi) is 3.53. The molecule has 4 rings (SSSR count). The molecule has 2 aliphatic heterocycles. The second-order valence-electron chi connectivity index (χ2n) is 6.04. The fourth-order valence-corrected chi connectivity index (χ4v) is 3.51. The molecule has 0 aliphatic carbocycles. The minimum absolute atomic E-state index is 0.207. The van der Waals surface area contributed by atoms with Gasteiger partial charge < -0.3 is 9.80 Å². The summed E-state index contributed by atoms with van der Waals surface area (Å²) in [6.07, 6.45) is 3.80. The van der Waals surface area contributed by atoms with Crippen molar-refractivity contribution in [3.63, 3.8) is 0 Å². The molecule has 0 radical (unpaired) electrons. The van der Waals surface area contributed by atoms with E-state index in [4.69, 9.17) is 5.21 Å². The molecule has 124 valence electrons. The van der Waals surface area contributed by atoms with Gasteiger partial charge in [-0.05, 0) is 30.7 Å². The molecule has 24 heavy (non-hydrogen) atoms. The van der Waals surface area contributed by atoms with E-state index in [2.05, 4.69) is 19.8 Å². The summed E-state index contributed by atoms with van der Waals surface area (Å²) >= 11 is 0. The fraction of sp³-hybridized carbons (Fsp3) is 0.312. The normalized spacial score (nSPS) is 22.1. The molecule has 0 saturated carbocycles. The maximum atomic E-state index is 13.1. The first-order valence-electron chi connectivity index (χ1n) is 7.71. The monoisotopic (exact) mass is 329 g/mol. The SMILES string of the molecule is O=C(NO)c1cnc(N2C[C@@H]3C[C@@H]2CN3c2ccc(F)cc2)nc1. The Morgan fingerprint density at radius 1 is 1.12 bits per heavy atom. The van der Waals surface area contributed by atoms with Crippen LogP contribution in [-0.2, 0) is 0 Å². The molecule has 8 heteroatoms. The van der Waals surface area contributed by atoms with E-state index < -0.39 is 5.91 Å². The lowest BCUT2D eigenvalue weighted by molar-refractivity contribution is 0.0705. The van der Waals surface area contributed by atoms with Crippen LogP contribution in [0.3, 0.4) is 0 Å². The van der Waals surface area contributed by atoms with Crippen molar-refractivity contribution in [1.82, 2.24) is 15.4 Å². The van der Waals surface area contributed by atoms with E-state index in [0.717, 1.165) is 25.2 Å². The van der Waals surface area contributed by atoms with Crippen molar-refractivity contribution in [3.05, 3.63) is 48.0 Å². The summed E-state index contributed by atoms with van der Waals surface area (Å²) in [5, 5.41) is 8.62. The van der Waals surface area contributed by atoms with Gasteiger partial charge in [-0.1, -0.05) is 0 Å². The number of hydrogen-bond acceptors (Lipinski definition) is 6. The summed E-state index contributed by atoms with van der Waals surface area (Å²) in [5.74, 6) is -0.284. The number of carbonyl (C=O) groups excluding carboxylic acids is 1.